The fraction of sp³-hybridized carbons (Fsp3) is 0.762. The van der Waals surface area contributed by atoms with Gasteiger partial charge in [0, 0.05) is 12.8 Å². The Bertz CT molecular complexity index is 843. The maximum Gasteiger partial charge on any atom is 0.306 e. The molecule has 0 spiro atoms. The van der Waals surface area contributed by atoms with Crippen molar-refractivity contribution in [2.45, 2.75) is 187 Å². The molecule has 0 saturated heterocycles. The molecule has 0 fully saturated rings. The number of aliphatic hydroxyl groups is 2. The first kappa shape index (κ1) is 45.8. The Hall–Kier alpha value is -2.18. The van der Waals surface area contributed by atoms with E-state index in [0.29, 0.717) is 19.3 Å². The van der Waals surface area contributed by atoms with E-state index in [2.05, 4.69) is 32.9 Å². The molecule has 0 bridgehead atoms. The van der Waals surface area contributed by atoms with Crippen LogP contribution in [0.2, 0.25) is 0 Å². The molecular weight excluding hydrogens is 600 g/mol. The van der Waals surface area contributed by atoms with Gasteiger partial charge in [-0.05, 0) is 50.9 Å². The molecular formula is C42H74O6. The molecule has 0 heterocycles. The summed E-state index contributed by atoms with van der Waals surface area (Å²) in [7, 11) is 0. The Morgan fingerprint density at radius 2 is 1.23 bits per heavy atom. The SMILES string of the molecule is CCCCC/C=C\C[C@H](O)/C=C/C=C\C/C=C\CCCC(=O)O[C@@H](CO)COC(=O)CCCCCCCCCCCCCCCC(C)C. The van der Waals surface area contributed by atoms with Crippen LogP contribution >= 0.6 is 0 Å². The molecule has 0 aromatic carbocycles. The van der Waals surface area contributed by atoms with Crippen molar-refractivity contribution < 1.29 is 29.3 Å². The number of hydrogen-bond donors (Lipinski definition) is 2. The number of ether oxygens (including phenoxy) is 2. The van der Waals surface area contributed by atoms with E-state index in [1.54, 1.807) is 6.08 Å². The predicted molar refractivity (Wildman–Crippen MR) is 202 cm³/mol. The molecule has 0 aromatic heterocycles. The van der Waals surface area contributed by atoms with Crippen molar-refractivity contribution in [3.05, 3.63) is 48.6 Å². The van der Waals surface area contributed by atoms with Crippen molar-refractivity contribution in [2.75, 3.05) is 13.2 Å². The maximum atomic E-state index is 12.1. The van der Waals surface area contributed by atoms with Crippen LogP contribution in [-0.2, 0) is 19.1 Å². The molecule has 6 nitrogen and oxygen atoms in total. The molecule has 2 N–H and O–H groups in total. The summed E-state index contributed by atoms with van der Waals surface area (Å²) in [5.74, 6) is 0.144. The van der Waals surface area contributed by atoms with Crippen LogP contribution < -0.4 is 0 Å². The minimum Gasteiger partial charge on any atom is -0.462 e. The number of rotatable bonds is 34. The van der Waals surface area contributed by atoms with Crippen molar-refractivity contribution in [3.8, 4) is 0 Å². The lowest BCUT2D eigenvalue weighted by Crippen LogP contribution is -2.28. The zero-order valence-electron chi connectivity index (χ0n) is 31.3. The summed E-state index contributed by atoms with van der Waals surface area (Å²) in [5.41, 5.74) is 0. The molecule has 48 heavy (non-hydrogen) atoms. The first-order chi connectivity index (χ1) is 23.4. The maximum absolute atomic E-state index is 12.1. The van der Waals surface area contributed by atoms with Gasteiger partial charge in [0.05, 0.1) is 12.7 Å². The van der Waals surface area contributed by atoms with Gasteiger partial charge in [-0.15, -0.1) is 0 Å². The van der Waals surface area contributed by atoms with Crippen molar-refractivity contribution in [3.63, 3.8) is 0 Å². The number of allylic oxidation sites excluding steroid dienone is 6. The van der Waals surface area contributed by atoms with Gasteiger partial charge in [0.15, 0.2) is 6.10 Å². The highest BCUT2D eigenvalue weighted by Gasteiger charge is 2.16. The van der Waals surface area contributed by atoms with Crippen LogP contribution in [0.25, 0.3) is 0 Å². The second kappa shape index (κ2) is 36.1. The summed E-state index contributed by atoms with van der Waals surface area (Å²) in [6.07, 6.45) is 40.6. The van der Waals surface area contributed by atoms with Gasteiger partial charge in [0.2, 0.25) is 0 Å². The van der Waals surface area contributed by atoms with Crippen LogP contribution in [0.15, 0.2) is 48.6 Å². The minimum absolute atomic E-state index is 0.105. The van der Waals surface area contributed by atoms with Gasteiger partial charge in [0.1, 0.15) is 6.61 Å². The summed E-state index contributed by atoms with van der Waals surface area (Å²) < 4.78 is 10.5. The molecule has 0 rings (SSSR count). The highest BCUT2D eigenvalue weighted by Crippen LogP contribution is 2.15. The third-order valence-electron chi connectivity index (χ3n) is 8.38. The van der Waals surface area contributed by atoms with Gasteiger partial charge < -0.3 is 19.7 Å². The Morgan fingerprint density at radius 3 is 1.85 bits per heavy atom. The van der Waals surface area contributed by atoms with Crippen LogP contribution in [0.1, 0.15) is 175 Å². The zero-order valence-corrected chi connectivity index (χ0v) is 31.3. The van der Waals surface area contributed by atoms with Gasteiger partial charge in [-0.25, -0.2) is 0 Å². The van der Waals surface area contributed by atoms with Crippen LogP contribution in [-0.4, -0.2) is 47.6 Å². The lowest BCUT2D eigenvalue weighted by Gasteiger charge is -2.15. The van der Waals surface area contributed by atoms with E-state index in [-0.39, 0.29) is 25.6 Å². The Balaban J connectivity index is 3.72. The average molecular weight is 675 g/mol. The van der Waals surface area contributed by atoms with Gasteiger partial charge in [-0.1, -0.05) is 166 Å². The number of hydrogen-bond acceptors (Lipinski definition) is 6. The second-order valence-electron chi connectivity index (χ2n) is 13.7. The lowest BCUT2D eigenvalue weighted by atomic mass is 10.0. The van der Waals surface area contributed by atoms with Crippen LogP contribution in [0.5, 0.6) is 0 Å². The number of unbranched alkanes of at least 4 members (excludes halogenated alkanes) is 16. The van der Waals surface area contributed by atoms with Crippen molar-refractivity contribution >= 4 is 11.9 Å². The third-order valence-corrected chi connectivity index (χ3v) is 8.38. The predicted octanol–water partition coefficient (Wildman–Crippen LogP) is 11.1. The van der Waals surface area contributed by atoms with Gasteiger partial charge >= 0.3 is 11.9 Å². The first-order valence-corrected chi connectivity index (χ1v) is 19.7. The third kappa shape index (κ3) is 35.1. The monoisotopic (exact) mass is 675 g/mol. The van der Waals surface area contributed by atoms with Crippen molar-refractivity contribution in [2.24, 2.45) is 5.92 Å². The molecule has 0 aliphatic carbocycles. The van der Waals surface area contributed by atoms with Crippen molar-refractivity contribution in [1.82, 2.24) is 0 Å². The number of esters is 2. The summed E-state index contributed by atoms with van der Waals surface area (Å²) in [5, 5.41) is 19.5. The number of carbonyl (C=O) groups is 2. The molecule has 0 radical (unpaired) electrons. The molecule has 0 saturated carbocycles. The molecule has 0 aromatic rings. The lowest BCUT2D eigenvalue weighted by molar-refractivity contribution is -0.161. The van der Waals surface area contributed by atoms with E-state index >= 15 is 0 Å². The summed E-state index contributed by atoms with van der Waals surface area (Å²) >= 11 is 0. The van der Waals surface area contributed by atoms with Crippen LogP contribution in [0, 0.1) is 5.92 Å². The summed E-state index contributed by atoms with van der Waals surface area (Å²) in [4.78, 5) is 24.2. The molecule has 0 amide bonds. The highest BCUT2D eigenvalue weighted by atomic mass is 16.6. The van der Waals surface area contributed by atoms with E-state index in [1.807, 2.05) is 30.4 Å². The van der Waals surface area contributed by atoms with E-state index < -0.39 is 18.2 Å². The van der Waals surface area contributed by atoms with Crippen LogP contribution in [0.4, 0.5) is 0 Å². The molecule has 6 heteroatoms. The number of aliphatic hydroxyl groups excluding tert-OH is 2. The second-order valence-corrected chi connectivity index (χ2v) is 13.7. The van der Waals surface area contributed by atoms with Gasteiger partial charge in [-0.3, -0.25) is 9.59 Å². The standard InChI is InChI=1S/C42H74O6/c1-4-5-6-7-22-27-32-39(44)33-28-23-18-15-16-20-25-30-35-42(46)48-40(36-43)37-47-41(45)34-29-24-19-14-12-10-8-9-11-13-17-21-26-31-38(2)3/h16,18,20,22-23,27-28,33,38-40,43-44H,4-15,17,19,21,24-26,29-32,34-37H2,1-3H3/b20-16-,23-18-,27-22-,33-28+/t39-,40-/m0/s1. The van der Waals surface area contributed by atoms with E-state index in [1.165, 1.54) is 89.9 Å². The quantitative estimate of drug-likeness (QED) is 0.0305. The highest BCUT2D eigenvalue weighted by molar-refractivity contribution is 5.70. The average Bonchev–Trinajstić information content (AvgIpc) is 3.07. The molecule has 0 unspecified atom stereocenters. The zero-order chi connectivity index (χ0) is 35.3. The Kier molecular flexibility index (Phi) is 34.5. The van der Waals surface area contributed by atoms with Crippen LogP contribution in [0.3, 0.4) is 0 Å². The number of carbonyl (C=O) groups excluding carboxylic acids is 2. The largest absolute Gasteiger partial charge is 0.462 e. The minimum atomic E-state index is -0.819. The normalized spacial score (nSPS) is 13.5. The summed E-state index contributed by atoms with van der Waals surface area (Å²) in [6, 6.07) is 0. The van der Waals surface area contributed by atoms with Gasteiger partial charge in [-0.2, -0.15) is 0 Å². The Morgan fingerprint density at radius 1 is 0.646 bits per heavy atom. The molecule has 0 aliphatic heterocycles. The molecule has 0 aliphatic rings. The van der Waals surface area contributed by atoms with E-state index in [0.717, 1.165) is 44.4 Å². The summed E-state index contributed by atoms with van der Waals surface area (Å²) in [6.45, 7) is 6.33. The topological polar surface area (TPSA) is 93.1 Å². The smallest absolute Gasteiger partial charge is 0.306 e. The fourth-order valence-corrected chi connectivity index (χ4v) is 5.34. The fourth-order valence-electron chi connectivity index (χ4n) is 5.34. The first-order valence-electron chi connectivity index (χ1n) is 19.7. The van der Waals surface area contributed by atoms with E-state index in [4.69, 9.17) is 9.47 Å². The Labute approximate surface area is 295 Å². The molecule has 2 atom stereocenters. The van der Waals surface area contributed by atoms with E-state index in [9.17, 15) is 19.8 Å². The van der Waals surface area contributed by atoms with Gasteiger partial charge in [0.25, 0.3) is 0 Å². The molecule has 278 valence electrons. The van der Waals surface area contributed by atoms with Crippen molar-refractivity contribution in [1.29, 1.82) is 0 Å².